The summed E-state index contributed by atoms with van der Waals surface area (Å²) in [6.07, 6.45) is 0.485. The Morgan fingerprint density at radius 3 is 2.32 bits per heavy atom. The van der Waals surface area contributed by atoms with Gasteiger partial charge < -0.3 is 5.11 Å². The lowest BCUT2D eigenvalue weighted by molar-refractivity contribution is -0.136. The number of carboxylic acids is 1. The minimum absolute atomic E-state index is 0.0802. The monoisotopic (exact) mass is 284 g/mol. The number of rotatable bonds is 7. The maximum absolute atomic E-state index is 12.0. The van der Waals surface area contributed by atoms with Gasteiger partial charge in [0.15, 0.2) is 9.84 Å². The molecule has 0 aliphatic rings. The first kappa shape index (κ1) is 15.7. The average molecular weight is 284 g/mol. The summed E-state index contributed by atoms with van der Waals surface area (Å²) in [5, 5.41) is 8.82. The minimum atomic E-state index is -3.18. The van der Waals surface area contributed by atoms with E-state index < -0.39 is 15.8 Å². The summed E-state index contributed by atoms with van der Waals surface area (Å²) in [5.41, 5.74) is 1.16. The molecule has 0 amide bonds. The lowest BCUT2D eigenvalue weighted by Gasteiger charge is -2.10. The molecule has 0 bridgehead atoms. The molecule has 0 fully saturated rings. The summed E-state index contributed by atoms with van der Waals surface area (Å²) in [6.45, 7) is 3.96. The molecule has 0 saturated heterocycles. The van der Waals surface area contributed by atoms with Gasteiger partial charge in [0.2, 0.25) is 0 Å². The molecular weight excluding hydrogens is 264 g/mol. The van der Waals surface area contributed by atoms with Crippen molar-refractivity contribution in [1.82, 2.24) is 0 Å². The van der Waals surface area contributed by atoms with Crippen molar-refractivity contribution in [2.45, 2.75) is 32.4 Å². The summed E-state index contributed by atoms with van der Waals surface area (Å²) >= 11 is 0. The van der Waals surface area contributed by atoms with Crippen LogP contribution in [0, 0.1) is 5.92 Å². The third-order valence-electron chi connectivity index (χ3n) is 2.84. The fraction of sp³-hybridized carbons (Fsp3) is 0.500. The Balaban J connectivity index is 2.84. The van der Waals surface area contributed by atoms with E-state index in [0.29, 0.717) is 23.5 Å². The molecule has 1 N–H and O–H groups in total. The van der Waals surface area contributed by atoms with E-state index in [1.807, 2.05) is 13.8 Å². The van der Waals surface area contributed by atoms with Crippen molar-refractivity contribution >= 4 is 15.8 Å². The van der Waals surface area contributed by atoms with Crippen LogP contribution in [-0.2, 0) is 26.8 Å². The second kappa shape index (κ2) is 6.70. The summed E-state index contributed by atoms with van der Waals surface area (Å²) in [4.78, 5) is 10.8. The molecule has 1 aromatic carbocycles. The predicted molar refractivity (Wildman–Crippen MR) is 74.7 cm³/mol. The maximum Gasteiger partial charge on any atom is 0.307 e. The van der Waals surface area contributed by atoms with E-state index in [2.05, 4.69) is 0 Å². The molecule has 0 saturated carbocycles. The van der Waals surface area contributed by atoms with Crippen LogP contribution >= 0.6 is 0 Å². The highest BCUT2D eigenvalue weighted by molar-refractivity contribution is 7.90. The number of hydrogen-bond acceptors (Lipinski definition) is 3. The van der Waals surface area contributed by atoms with Gasteiger partial charge in [-0.15, -0.1) is 0 Å². The van der Waals surface area contributed by atoms with Crippen molar-refractivity contribution in [2.75, 3.05) is 5.75 Å². The fourth-order valence-corrected chi connectivity index (χ4v) is 3.49. The van der Waals surface area contributed by atoms with Gasteiger partial charge in [0, 0.05) is 0 Å². The van der Waals surface area contributed by atoms with Crippen molar-refractivity contribution in [3.05, 3.63) is 35.4 Å². The Hall–Kier alpha value is -1.36. The third-order valence-corrected chi connectivity index (χ3v) is 4.45. The zero-order valence-corrected chi connectivity index (χ0v) is 12.1. The van der Waals surface area contributed by atoms with E-state index in [1.54, 1.807) is 24.3 Å². The van der Waals surface area contributed by atoms with Crippen LogP contribution in [0.5, 0.6) is 0 Å². The molecule has 0 atom stereocenters. The van der Waals surface area contributed by atoms with Crippen LogP contribution in [-0.4, -0.2) is 25.2 Å². The number of carboxylic acid groups (broad SMARTS) is 1. The van der Waals surface area contributed by atoms with Crippen molar-refractivity contribution in [1.29, 1.82) is 0 Å². The van der Waals surface area contributed by atoms with E-state index in [4.69, 9.17) is 5.11 Å². The van der Waals surface area contributed by atoms with Gasteiger partial charge in [-0.2, -0.15) is 0 Å². The Morgan fingerprint density at radius 1 is 1.21 bits per heavy atom. The molecule has 106 valence electrons. The van der Waals surface area contributed by atoms with Gasteiger partial charge >= 0.3 is 5.97 Å². The minimum Gasteiger partial charge on any atom is -0.481 e. The molecule has 1 rings (SSSR count). The standard InChI is InChI=1S/C14H20O4S/c1-11(2)7-8-19(17,18)10-13-6-4-3-5-12(13)9-14(15)16/h3-6,11H,7-10H2,1-2H3,(H,15,16). The van der Waals surface area contributed by atoms with E-state index in [9.17, 15) is 13.2 Å². The van der Waals surface area contributed by atoms with Crippen LogP contribution in [0.4, 0.5) is 0 Å². The molecule has 1 aromatic rings. The quantitative estimate of drug-likeness (QED) is 0.833. The summed E-state index contributed by atoms with van der Waals surface area (Å²) in [6, 6.07) is 6.81. The first-order valence-electron chi connectivity index (χ1n) is 6.29. The van der Waals surface area contributed by atoms with Crippen LogP contribution in [0.25, 0.3) is 0 Å². The predicted octanol–water partition coefficient (Wildman–Crippen LogP) is 2.27. The highest BCUT2D eigenvalue weighted by atomic mass is 32.2. The number of carbonyl (C=O) groups is 1. The lowest BCUT2D eigenvalue weighted by atomic mass is 10.1. The fourth-order valence-electron chi connectivity index (χ4n) is 1.76. The van der Waals surface area contributed by atoms with E-state index in [-0.39, 0.29) is 17.9 Å². The average Bonchev–Trinajstić information content (AvgIpc) is 2.28. The lowest BCUT2D eigenvalue weighted by Crippen LogP contribution is -2.13. The van der Waals surface area contributed by atoms with Gasteiger partial charge in [-0.3, -0.25) is 4.79 Å². The first-order chi connectivity index (χ1) is 8.80. The van der Waals surface area contributed by atoms with Crippen molar-refractivity contribution < 1.29 is 18.3 Å². The van der Waals surface area contributed by atoms with Crippen LogP contribution < -0.4 is 0 Å². The van der Waals surface area contributed by atoms with Gasteiger partial charge in [-0.25, -0.2) is 8.42 Å². The molecule has 4 nitrogen and oxygen atoms in total. The molecule has 0 aliphatic carbocycles. The smallest absolute Gasteiger partial charge is 0.307 e. The SMILES string of the molecule is CC(C)CCS(=O)(=O)Cc1ccccc1CC(=O)O. The number of sulfone groups is 1. The maximum atomic E-state index is 12.0. The van der Waals surface area contributed by atoms with Gasteiger partial charge in [0.25, 0.3) is 0 Å². The molecule has 0 unspecified atom stereocenters. The highest BCUT2D eigenvalue weighted by Crippen LogP contribution is 2.15. The van der Waals surface area contributed by atoms with E-state index >= 15 is 0 Å². The molecule has 0 aliphatic heterocycles. The molecular formula is C14H20O4S. The largest absolute Gasteiger partial charge is 0.481 e. The highest BCUT2D eigenvalue weighted by Gasteiger charge is 2.16. The Kier molecular flexibility index (Phi) is 5.54. The number of hydrogen-bond donors (Lipinski definition) is 1. The third kappa shape index (κ3) is 5.87. The normalized spacial score (nSPS) is 11.7. The van der Waals surface area contributed by atoms with Gasteiger partial charge in [-0.1, -0.05) is 38.1 Å². The molecule has 5 heteroatoms. The van der Waals surface area contributed by atoms with Gasteiger partial charge in [-0.05, 0) is 23.5 Å². The Labute approximate surface area is 114 Å². The molecule has 19 heavy (non-hydrogen) atoms. The summed E-state index contributed by atoms with van der Waals surface area (Å²) in [5.74, 6) is -0.550. The van der Waals surface area contributed by atoms with E-state index in [0.717, 1.165) is 0 Å². The number of aliphatic carboxylic acids is 1. The van der Waals surface area contributed by atoms with Crippen LogP contribution in [0.3, 0.4) is 0 Å². The Morgan fingerprint density at radius 2 is 1.79 bits per heavy atom. The van der Waals surface area contributed by atoms with Crippen molar-refractivity contribution in [3.63, 3.8) is 0 Å². The van der Waals surface area contributed by atoms with Crippen LogP contribution in [0.15, 0.2) is 24.3 Å². The van der Waals surface area contributed by atoms with Crippen molar-refractivity contribution in [3.8, 4) is 0 Å². The summed E-state index contributed by atoms with van der Waals surface area (Å²) < 4.78 is 24.0. The second-order valence-corrected chi connectivity index (χ2v) is 7.30. The zero-order chi connectivity index (χ0) is 14.5. The number of benzene rings is 1. The molecule has 0 radical (unpaired) electrons. The van der Waals surface area contributed by atoms with Gasteiger partial charge in [0.05, 0.1) is 17.9 Å². The molecule has 0 spiro atoms. The van der Waals surface area contributed by atoms with E-state index in [1.165, 1.54) is 0 Å². The zero-order valence-electron chi connectivity index (χ0n) is 11.3. The Bertz CT molecular complexity index is 532. The van der Waals surface area contributed by atoms with Crippen LogP contribution in [0.1, 0.15) is 31.4 Å². The summed E-state index contributed by atoms with van der Waals surface area (Å²) in [7, 11) is -3.18. The first-order valence-corrected chi connectivity index (χ1v) is 8.11. The molecule has 0 heterocycles. The van der Waals surface area contributed by atoms with Crippen molar-refractivity contribution in [2.24, 2.45) is 5.92 Å². The molecule has 0 aromatic heterocycles. The van der Waals surface area contributed by atoms with Gasteiger partial charge in [0.1, 0.15) is 0 Å². The topological polar surface area (TPSA) is 71.4 Å². The van der Waals surface area contributed by atoms with Crippen LogP contribution in [0.2, 0.25) is 0 Å². The second-order valence-electron chi connectivity index (χ2n) is 5.11.